The van der Waals surface area contributed by atoms with Gasteiger partial charge in [0.1, 0.15) is 5.69 Å². The van der Waals surface area contributed by atoms with Crippen LogP contribution in [0.2, 0.25) is 0 Å². The average Bonchev–Trinajstić information content (AvgIpc) is 2.68. The van der Waals surface area contributed by atoms with Crippen LogP contribution in [0.3, 0.4) is 0 Å². The molecule has 0 radical (unpaired) electrons. The van der Waals surface area contributed by atoms with Crippen molar-refractivity contribution in [3.05, 3.63) is 29.6 Å². The molecule has 3 rings (SSSR count). The van der Waals surface area contributed by atoms with E-state index in [1.807, 2.05) is 0 Å². The summed E-state index contributed by atoms with van der Waals surface area (Å²) in [5, 5.41) is 3.06. The molecule has 0 aromatic carbocycles. The zero-order valence-corrected chi connectivity index (χ0v) is 14.3. The predicted octanol–water partition coefficient (Wildman–Crippen LogP) is 1.06. The van der Waals surface area contributed by atoms with Gasteiger partial charge in [0, 0.05) is 44.0 Å². The smallest absolute Gasteiger partial charge is 0.272 e. The van der Waals surface area contributed by atoms with E-state index in [9.17, 15) is 14.4 Å². The van der Waals surface area contributed by atoms with Crippen molar-refractivity contribution in [2.45, 2.75) is 38.1 Å². The van der Waals surface area contributed by atoms with E-state index in [2.05, 4.69) is 10.3 Å². The van der Waals surface area contributed by atoms with Crippen LogP contribution in [-0.4, -0.2) is 65.2 Å². The van der Waals surface area contributed by atoms with E-state index in [0.29, 0.717) is 31.7 Å². The van der Waals surface area contributed by atoms with Gasteiger partial charge in [0.25, 0.3) is 11.8 Å². The van der Waals surface area contributed by atoms with Crippen molar-refractivity contribution in [2.24, 2.45) is 0 Å². The molecule has 25 heavy (non-hydrogen) atoms. The van der Waals surface area contributed by atoms with Crippen LogP contribution in [0.15, 0.2) is 18.3 Å². The molecule has 0 bridgehead atoms. The number of amides is 3. The second kappa shape index (κ2) is 8.09. The summed E-state index contributed by atoms with van der Waals surface area (Å²) in [4.78, 5) is 43.2. The highest BCUT2D eigenvalue weighted by Crippen LogP contribution is 2.18. The van der Waals surface area contributed by atoms with Gasteiger partial charge in [-0.05, 0) is 25.0 Å². The summed E-state index contributed by atoms with van der Waals surface area (Å²) in [6.45, 7) is 2.02. The highest BCUT2D eigenvalue weighted by atomic mass is 16.2. The summed E-state index contributed by atoms with van der Waals surface area (Å²) >= 11 is 0. The summed E-state index contributed by atoms with van der Waals surface area (Å²) < 4.78 is 0. The van der Waals surface area contributed by atoms with E-state index in [1.165, 1.54) is 12.6 Å². The molecule has 7 heteroatoms. The van der Waals surface area contributed by atoms with E-state index in [1.54, 1.807) is 21.9 Å². The van der Waals surface area contributed by atoms with Gasteiger partial charge in [0.2, 0.25) is 6.41 Å². The Morgan fingerprint density at radius 3 is 2.52 bits per heavy atom. The molecule has 1 aromatic rings. The third-order valence-electron chi connectivity index (χ3n) is 4.93. The van der Waals surface area contributed by atoms with E-state index in [0.717, 1.165) is 32.1 Å². The molecule has 1 N–H and O–H groups in total. The minimum Gasteiger partial charge on any atom is -0.349 e. The molecule has 1 saturated carbocycles. The molecule has 2 fully saturated rings. The minimum atomic E-state index is -0.196. The Kier molecular flexibility index (Phi) is 5.63. The Labute approximate surface area is 147 Å². The summed E-state index contributed by atoms with van der Waals surface area (Å²) in [6, 6.07) is 3.43. The number of piperazine rings is 1. The number of hydrogen-bond acceptors (Lipinski definition) is 4. The number of carbonyl (C=O) groups is 3. The number of nitrogens with zero attached hydrogens (tertiary/aromatic N) is 3. The fraction of sp³-hybridized carbons (Fsp3) is 0.556. The molecule has 1 aliphatic heterocycles. The lowest BCUT2D eigenvalue weighted by Crippen LogP contribution is -2.48. The van der Waals surface area contributed by atoms with Gasteiger partial charge < -0.3 is 15.1 Å². The summed E-state index contributed by atoms with van der Waals surface area (Å²) in [5.41, 5.74) is 0.742. The van der Waals surface area contributed by atoms with Crippen LogP contribution in [0.4, 0.5) is 0 Å². The lowest BCUT2D eigenvalue weighted by molar-refractivity contribution is -0.119. The number of carbonyl (C=O) groups excluding carboxylic acids is 3. The number of hydrogen-bond donors (Lipinski definition) is 1. The minimum absolute atomic E-state index is 0.144. The normalized spacial score (nSPS) is 18.7. The van der Waals surface area contributed by atoms with Gasteiger partial charge in [-0.25, -0.2) is 0 Å². The van der Waals surface area contributed by atoms with Crippen LogP contribution in [-0.2, 0) is 4.79 Å². The third-order valence-corrected chi connectivity index (χ3v) is 4.93. The lowest BCUT2D eigenvalue weighted by Gasteiger charge is -2.32. The molecule has 0 atom stereocenters. The average molecular weight is 344 g/mol. The molecule has 3 amide bonds. The van der Waals surface area contributed by atoms with Gasteiger partial charge in [0.15, 0.2) is 0 Å². The maximum atomic E-state index is 12.6. The fourth-order valence-corrected chi connectivity index (χ4v) is 3.40. The van der Waals surface area contributed by atoms with Crippen molar-refractivity contribution >= 4 is 18.2 Å². The van der Waals surface area contributed by atoms with Crippen LogP contribution < -0.4 is 5.32 Å². The number of nitrogens with one attached hydrogen (secondary N) is 1. The quantitative estimate of drug-likeness (QED) is 0.828. The SMILES string of the molecule is O=CN1CCN(C(=O)c2cc(C(=O)NC3CCCCC3)ccn2)CC1. The first-order valence-corrected chi connectivity index (χ1v) is 8.93. The highest BCUT2D eigenvalue weighted by Gasteiger charge is 2.23. The Morgan fingerprint density at radius 2 is 1.84 bits per heavy atom. The standard InChI is InChI=1S/C18H24N4O3/c23-13-21-8-10-22(11-9-21)18(25)16-12-14(6-7-19-16)17(24)20-15-4-2-1-3-5-15/h6-7,12-13,15H,1-5,8-11H2,(H,20,24). The van der Waals surface area contributed by atoms with Crippen LogP contribution in [0.5, 0.6) is 0 Å². The third kappa shape index (κ3) is 4.35. The first-order chi connectivity index (χ1) is 12.2. The van der Waals surface area contributed by atoms with Gasteiger partial charge in [-0.15, -0.1) is 0 Å². The Balaban J connectivity index is 1.63. The van der Waals surface area contributed by atoms with Crippen LogP contribution in [0, 0.1) is 0 Å². The summed E-state index contributed by atoms with van der Waals surface area (Å²) in [7, 11) is 0. The maximum absolute atomic E-state index is 12.6. The largest absolute Gasteiger partial charge is 0.349 e. The maximum Gasteiger partial charge on any atom is 0.272 e. The zero-order valence-electron chi connectivity index (χ0n) is 14.3. The fourth-order valence-electron chi connectivity index (χ4n) is 3.40. The second-order valence-corrected chi connectivity index (χ2v) is 6.67. The second-order valence-electron chi connectivity index (χ2n) is 6.67. The summed E-state index contributed by atoms with van der Waals surface area (Å²) in [5.74, 6) is -0.341. The molecule has 2 aliphatic rings. The first kappa shape index (κ1) is 17.4. The lowest BCUT2D eigenvalue weighted by atomic mass is 9.95. The van der Waals surface area contributed by atoms with E-state index < -0.39 is 0 Å². The predicted molar refractivity (Wildman–Crippen MR) is 92.1 cm³/mol. The number of rotatable bonds is 4. The topological polar surface area (TPSA) is 82.6 Å². The summed E-state index contributed by atoms with van der Waals surface area (Å²) in [6.07, 6.45) is 7.88. The first-order valence-electron chi connectivity index (χ1n) is 8.93. The molecular formula is C18H24N4O3. The molecule has 1 aromatic heterocycles. The Morgan fingerprint density at radius 1 is 1.12 bits per heavy atom. The monoisotopic (exact) mass is 344 g/mol. The van der Waals surface area contributed by atoms with Gasteiger partial charge >= 0.3 is 0 Å². The van der Waals surface area contributed by atoms with Crippen molar-refractivity contribution in [1.82, 2.24) is 20.1 Å². The molecule has 0 unspecified atom stereocenters. The van der Waals surface area contributed by atoms with Crippen molar-refractivity contribution in [2.75, 3.05) is 26.2 Å². The molecule has 1 saturated heterocycles. The molecule has 134 valence electrons. The van der Waals surface area contributed by atoms with Crippen molar-refractivity contribution in [3.63, 3.8) is 0 Å². The Hall–Kier alpha value is -2.44. The molecule has 0 spiro atoms. The van der Waals surface area contributed by atoms with Gasteiger partial charge in [0.05, 0.1) is 0 Å². The van der Waals surface area contributed by atoms with Crippen LogP contribution >= 0.6 is 0 Å². The number of aromatic nitrogens is 1. The van der Waals surface area contributed by atoms with E-state index >= 15 is 0 Å². The molecule has 2 heterocycles. The molecule has 7 nitrogen and oxygen atoms in total. The highest BCUT2D eigenvalue weighted by molar-refractivity contribution is 5.98. The van der Waals surface area contributed by atoms with Gasteiger partial charge in [-0.1, -0.05) is 19.3 Å². The van der Waals surface area contributed by atoms with Crippen molar-refractivity contribution in [1.29, 1.82) is 0 Å². The van der Waals surface area contributed by atoms with Crippen molar-refractivity contribution < 1.29 is 14.4 Å². The van der Waals surface area contributed by atoms with Gasteiger partial charge in [-0.2, -0.15) is 0 Å². The van der Waals surface area contributed by atoms with Crippen LogP contribution in [0.25, 0.3) is 0 Å². The molecule has 1 aliphatic carbocycles. The number of pyridine rings is 1. The van der Waals surface area contributed by atoms with E-state index in [-0.39, 0.29) is 23.6 Å². The van der Waals surface area contributed by atoms with Crippen molar-refractivity contribution in [3.8, 4) is 0 Å². The molecular weight excluding hydrogens is 320 g/mol. The van der Waals surface area contributed by atoms with Crippen LogP contribution in [0.1, 0.15) is 53.0 Å². The van der Waals surface area contributed by atoms with E-state index in [4.69, 9.17) is 0 Å². The Bertz CT molecular complexity index is 635. The van der Waals surface area contributed by atoms with Gasteiger partial charge in [-0.3, -0.25) is 19.4 Å². The zero-order chi connectivity index (χ0) is 17.6.